The van der Waals surface area contributed by atoms with E-state index >= 15 is 0 Å². The highest BCUT2D eigenvalue weighted by Gasteiger charge is 2.23. The molecule has 3 aromatic heterocycles. The fourth-order valence-corrected chi connectivity index (χ4v) is 4.21. The second-order valence-electron chi connectivity index (χ2n) is 6.52. The number of benzene rings is 1. The third-order valence-electron chi connectivity index (χ3n) is 4.48. The minimum absolute atomic E-state index is 0.203. The van der Waals surface area contributed by atoms with Crippen LogP contribution in [0.4, 0.5) is 9.39 Å². The number of ether oxygens (including phenoxy) is 1. The van der Waals surface area contributed by atoms with E-state index < -0.39 is 17.7 Å². The number of anilines is 1. The van der Waals surface area contributed by atoms with Crippen molar-refractivity contribution >= 4 is 33.9 Å². The van der Waals surface area contributed by atoms with E-state index in [0.29, 0.717) is 16.3 Å². The van der Waals surface area contributed by atoms with Gasteiger partial charge in [-0.1, -0.05) is 30.3 Å². The van der Waals surface area contributed by atoms with Crippen LogP contribution in [0.3, 0.4) is 0 Å². The molecule has 0 atom stereocenters. The van der Waals surface area contributed by atoms with Gasteiger partial charge in [-0.25, -0.2) is 14.2 Å². The van der Waals surface area contributed by atoms with Gasteiger partial charge in [-0.3, -0.25) is 9.20 Å². The van der Waals surface area contributed by atoms with Crippen LogP contribution in [0.1, 0.15) is 33.5 Å². The fraction of sp³-hybridized carbons (Fsp3) is 0.136. The molecular formula is C22H18FN3O3S. The molecule has 30 heavy (non-hydrogen) atoms. The maximum absolute atomic E-state index is 13.7. The lowest BCUT2D eigenvalue weighted by atomic mass is 10.1. The molecule has 0 radical (unpaired) electrons. The third-order valence-corrected chi connectivity index (χ3v) is 5.58. The molecule has 0 aliphatic rings. The minimum Gasteiger partial charge on any atom is -0.462 e. The van der Waals surface area contributed by atoms with Crippen LogP contribution in [-0.2, 0) is 4.74 Å². The monoisotopic (exact) mass is 423 g/mol. The van der Waals surface area contributed by atoms with Crippen molar-refractivity contribution < 1.29 is 18.7 Å². The zero-order chi connectivity index (χ0) is 21.3. The summed E-state index contributed by atoms with van der Waals surface area (Å²) in [5, 5.41) is 3.15. The number of fused-ring (bicyclic) bond motifs is 1. The van der Waals surface area contributed by atoms with Gasteiger partial charge in [-0.2, -0.15) is 0 Å². The summed E-state index contributed by atoms with van der Waals surface area (Å²) in [6, 6.07) is 14.0. The van der Waals surface area contributed by atoms with Crippen molar-refractivity contribution in [3.05, 3.63) is 77.5 Å². The largest absolute Gasteiger partial charge is 0.462 e. The number of aryl methyl sites for hydroxylation is 1. The molecule has 4 rings (SSSR count). The van der Waals surface area contributed by atoms with Crippen LogP contribution in [-0.4, -0.2) is 27.9 Å². The van der Waals surface area contributed by atoms with E-state index in [1.54, 1.807) is 19.9 Å². The van der Waals surface area contributed by atoms with Gasteiger partial charge in [0.1, 0.15) is 22.2 Å². The number of nitrogens with one attached hydrogen (secondary N) is 1. The number of pyridine rings is 1. The first-order valence-electron chi connectivity index (χ1n) is 9.30. The third kappa shape index (κ3) is 3.69. The molecule has 0 unspecified atom stereocenters. The molecule has 152 valence electrons. The average Bonchev–Trinajstić information content (AvgIpc) is 3.29. The number of aromatic nitrogens is 2. The summed E-state index contributed by atoms with van der Waals surface area (Å²) in [7, 11) is 0. The van der Waals surface area contributed by atoms with Gasteiger partial charge < -0.3 is 10.1 Å². The first kappa shape index (κ1) is 19.8. The number of halogens is 1. The Morgan fingerprint density at radius 1 is 1.20 bits per heavy atom. The Morgan fingerprint density at radius 2 is 1.97 bits per heavy atom. The number of esters is 1. The number of thiophene rings is 1. The molecule has 3 heterocycles. The van der Waals surface area contributed by atoms with Crippen molar-refractivity contribution in [3.8, 4) is 10.4 Å². The molecule has 0 aliphatic carbocycles. The predicted octanol–water partition coefficient (Wildman–Crippen LogP) is 4.94. The SMILES string of the molecule is CCOC(=O)c1cc(-c2ccccc2)sc1NC(=O)c1c(C)nc2ccc(F)cn12. The molecule has 0 saturated carbocycles. The average molecular weight is 423 g/mol. The number of rotatable bonds is 5. The van der Waals surface area contributed by atoms with E-state index in [9.17, 15) is 14.0 Å². The Hall–Kier alpha value is -3.52. The molecular weight excluding hydrogens is 405 g/mol. The smallest absolute Gasteiger partial charge is 0.341 e. The number of amides is 1. The van der Waals surface area contributed by atoms with Gasteiger partial charge in [0.05, 0.1) is 17.9 Å². The van der Waals surface area contributed by atoms with E-state index in [4.69, 9.17) is 4.74 Å². The maximum Gasteiger partial charge on any atom is 0.341 e. The van der Waals surface area contributed by atoms with Gasteiger partial charge in [0.15, 0.2) is 0 Å². The summed E-state index contributed by atoms with van der Waals surface area (Å²) < 4.78 is 20.3. The summed E-state index contributed by atoms with van der Waals surface area (Å²) in [4.78, 5) is 30.6. The molecule has 0 bridgehead atoms. The Labute approximate surface area is 176 Å². The highest BCUT2D eigenvalue weighted by molar-refractivity contribution is 7.20. The number of nitrogens with zero attached hydrogens (tertiary/aromatic N) is 2. The molecule has 0 spiro atoms. The number of carbonyl (C=O) groups excluding carboxylic acids is 2. The molecule has 0 saturated heterocycles. The summed E-state index contributed by atoms with van der Waals surface area (Å²) in [6.45, 7) is 3.61. The fourth-order valence-electron chi connectivity index (χ4n) is 3.16. The van der Waals surface area contributed by atoms with Crippen LogP contribution in [0.2, 0.25) is 0 Å². The van der Waals surface area contributed by atoms with Crippen molar-refractivity contribution in [2.24, 2.45) is 0 Å². The van der Waals surface area contributed by atoms with Gasteiger partial charge in [0, 0.05) is 11.1 Å². The summed E-state index contributed by atoms with van der Waals surface area (Å²) in [6.07, 6.45) is 1.21. The second-order valence-corrected chi connectivity index (χ2v) is 7.57. The van der Waals surface area contributed by atoms with Gasteiger partial charge in [0.2, 0.25) is 0 Å². The lowest BCUT2D eigenvalue weighted by molar-refractivity contribution is 0.0528. The zero-order valence-corrected chi connectivity index (χ0v) is 17.1. The van der Waals surface area contributed by atoms with Crippen LogP contribution in [0, 0.1) is 12.7 Å². The second kappa shape index (κ2) is 8.08. The van der Waals surface area contributed by atoms with Crippen molar-refractivity contribution in [2.45, 2.75) is 13.8 Å². The van der Waals surface area contributed by atoms with E-state index in [1.807, 2.05) is 30.3 Å². The van der Waals surface area contributed by atoms with Gasteiger partial charge in [-0.15, -0.1) is 11.3 Å². The van der Waals surface area contributed by atoms with Crippen molar-refractivity contribution in [1.82, 2.24) is 9.38 Å². The van der Waals surface area contributed by atoms with Gasteiger partial charge in [-0.05, 0) is 37.6 Å². The zero-order valence-electron chi connectivity index (χ0n) is 16.3. The van der Waals surface area contributed by atoms with Crippen LogP contribution in [0.5, 0.6) is 0 Å². The molecule has 8 heteroatoms. The molecule has 0 fully saturated rings. The normalized spacial score (nSPS) is 10.9. The van der Waals surface area contributed by atoms with E-state index in [0.717, 1.165) is 10.4 Å². The quantitative estimate of drug-likeness (QED) is 0.462. The maximum atomic E-state index is 13.7. The standard InChI is InChI=1S/C22H18FN3O3S/c1-3-29-22(28)16-11-17(14-7-5-4-6-8-14)30-21(16)25-20(27)19-13(2)24-18-10-9-15(23)12-26(18)19/h4-12H,3H2,1-2H3,(H,25,27). The van der Waals surface area contributed by atoms with E-state index in [1.165, 1.54) is 34.1 Å². The molecule has 1 aromatic carbocycles. The first-order chi connectivity index (χ1) is 14.5. The first-order valence-corrected chi connectivity index (χ1v) is 10.1. The van der Waals surface area contributed by atoms with Crippen LogP contribution >= 0.6 is 11.3 Å². The number of carbonyl (C=O) groups is 2. The highest BCUT2D eigenvalue weighted by atomic mass is 32.1. The Balaban J connectivity index is 1.74. The molecule has 1 N–H and O–H groups in total. The van der Waals surface area contributed by atoms with Gasteiger partial charge in [0.25, 0.3) is 5.91 Å². The lowest BCUT2D eigenvalue weighted by Gasteiger charge is -2.07. The van der Waals surface area contributed by atoms with Crippen molar-refractivity contribution in [2.75, 3.05) is 11.9 Å². The van der Waals surface area contributed by atoms with Crippen LogP contribution < -0.4 is 5.32 Å². The highest BCUT2D eigenvalue weighted by Crippen LogP contribution is 2.36. The number of imidazole rings is 1. The predicted molar refractivity (Wildman–Crippen MR) is 114 cm³/mol. The van der Waals surface area contributed by atoms with Gasteiger partial charge >= 0.3 is 5.97 Å². The number of hydrogen-bond donors (Lipinski definition) is 1. The van der Waals surface area contributed by atoms with Crippen LogP contribution in [0.15, 0.2) is 54.7 Å². The molecule has 0 aliphatic heterocycles. The lowest BCUT2D eigenvalue weighted by Crippen LogP contribution is -2.17. The molecule has 6 nitrogen and oxygen atoms in total. The topological polar surface area (TPSA) is 72.7 Å². The van der Waals surface area contributed by atoms with E-state index in [2.05, 4.69) is 10.3 Å². The van der Waals surface area contributed by atoms with Crippen LogP contribution in [0.25, 0.3) is 16.1 Å². The molecule has 1 amide bonds. The van der Waals surface area contributed by atoms with Crippen molar-refractivity contribution in [3.63, 3.8) is 0 Å². The Bertz CT molecular complexity index is 1250. The number of hydrogen-bond acceptors (Lipinski definition) is 5. The van der Waals surface area contributed by atoms with E-state index in [-0.39, 0.29) is 17.9 Å². The summed E-state index contributed by atoms with van der Waals surface area (Å²) in [5.41, 5.74) is 2.30. The molecule has 4 aromatic rings. The Morgan fingerprint density at radius 3 is 2.70 bits per heavy atom. The Kier molecular flexibility index (Phi) is 5.33. The minimum atomic E-state index is -0.521. The summed E-state index contributed by atoms with van der Waals surface area (Å²) in [5.74, 6) is -1.49. The summed E-state index contributed by atoms with van der Waals surface area (Å²) >= 11 is 1.27. The van der Waals surface area contributed by atoms with Crippen molar-refractivity contribution in [1.29, 1.82) is 0 Å².